The van der Waals surface area contributed by atoms with Crippen LogP contribution in [0.2, 0.25) is 0 Å². The summed E-state index contributed by atoms with van der Waals surface area (Å²) in [7, 11) is 4.11. The molecule has 0 saturated heterocycles. The molecular formula is C21H20O6. The fourth-order valence-electron chi connectivity index (χ4n) is 2.33. The Bertz CT molecular complexity index is 878. The summed E-state index contributed by atoms with van der Waals surface area (Å²) in [5.41, 5.74) is 1.79. The predicted molar refractivity (Wildman–Crippen MR) is 102 cm³/mol. The number of ether oxygens (including phenoxy) is 3. The van der Waals surface area contributed by atoms with Crippen molar-refractivity contribution in [2.75, 3.05) is 21.3 Å². The van der Waals surface area contributed by atoms with Crippen molar-refractivity contribution < 1.29 is 28.9 Å². The first kappa shape index (κ1) is 19.8. The lowest BCUT2D eigenvalue weighted by Gasteiger charge is -2.10. The molecule has 6 nitrogen and oxygen atoms in total. The molecule has 2 aromatic rings. The van der Waals surface area contributed by atoms with Gasteiger partial charge in [0.1, 0.15) is 11.5 Å². The van der Waals surface area contributed by atoms with E-state index in [0.717, 1.165) is 5.56 Å². The Kier molecular flexibility index (Phi) is 6.77. The number of benzene rings is 2. The first-order valence-corrected chi connectivity index (χ1v) is 8.02. The van der Waals surface area contributed by atoms with E-state index in [1.807, 2.05) is 0 Å². The van der Waals surface area contributed by atoms with E-state index in [1.165, 1.54) is 32.4 Å². The quantitative estimate of drug-likeness (QED) is 0.479. The minimum atomic E-state index is -0.602. The minimum Gasteiger partial charge on any atom is -0.507 e. The molecule has 0 aliphatic heterocycles. The van der Waals surface area contributed by atoms with Crippen LogP contribution in [0.15, 0.2) is 48.5 Å². The van der Waals surface area contributed by atoms with Crippen molar-refractivity contribution in [3.05, 3.63) is 65.2 Å². The Labute approximate surface area is 157 Å². The normalized spacial score (nSPS) is 11.3. The van der Waals surface area contributed by atoms with Crippen LogP contribution < -0.4 is 4.74 Å². The molecule has 2 rings (SSSR count). The maximum atomic E-state index is 12.3. The maximum Gasteiger partial charge on any atom is 0.338 e. The van der Waals surface area contributed by atoms with Crippen molar-refractivity contribution in [3.8, 4) is 11.5 Å². The number of hydrogen-bond donors (Lipinski definition) is 1. The summed E-state index contributed by atoms with van der Waals surface area (Å²) >= 11 is 0. The lowest BCUT2D eigenvalue weighted by atomic mass is 9.99. The van der Waals surface area contributed by atoms with Crippen LogP contribution in [0.4, 0.5) is 0 Å². The summed E-state index contributed by atoms with van der Waals surface area (Å²) < 4.78 is 14.5. The molecule has 0 atom stereocenters. The molecule has 140 valence electrons. The Hall–Kier alpha value is -3.54. The molecular weight excluding hydrogens is 348 g/mol. The highest BCUT2D eigenvalue weighted by Crippen LogP contribution is 2.30. The molecule has 0 bridgehead atoms. The fraction of sp³-hybridized carbons (Fsp3) is 0.143. The number of esters is 2. The molecule has 0 unspecified atom stereocenters. The highest BCUT2D eigenvalue weighted by atomic mass is 16.5. The largest absolute Gasteiger partial charge is 0.507 e. The first-order chi connectivity index (χ1) is 13.0. The van der Waals surface area contributed by atoms with Gasteiger partial charge in [0.15, 0.2) is 0 Å². The summed E-state index contributed by atoms with van der Waals surface area (Å²) in [5.74, 6) is -0.512. The van der Waals surface area contributed by atoms with E-state index in [-0.39, 0.29) is 16.9 Å². The van der Waals surface area contributed by atoms with Gasteiger partial charge in [0.05, 0.1) is 26.9 Å². The molecule has 0 amide bonds. The Morgan fingerprint density at radius 2 is 1.59 bits per heavy atom. The van der Waals surface area contributed by atoms with Gasteiger partial charge in [-0.05, 0) is 47.5 Å². The van der Waals surface area contributed by atoms with E-state index in [1.54, 1.807) is 49.6 Å². The molecule has 0 saturated carbocycles. The summed E-state index contributed by atoms with van der Waals surface area (Å²) in [5, 5.41) is 10.2. The van der Waals surface area contributed by atoms with Crippen LogP contribution in [-0.4, -0.2) is 38.4 Å². The van der Waals surface area contributed by atoms with Gasteiger partial charge in [0, 0.05) is 11.6 Å². The van der Waals surface area contributed by atoms with Crippen LogP contribution >= 0.6 is 0 Å². The number of aromatic hydroxyl groups is 1. The molecule has 2 aromatic carbocycles. The van der Waals surface area contributed by atoms with Gasteiger partial charge in [0.2, 0.25) is 0 Å². The SMILES string of the molecule is COC(=O)C=Cc1ccc(O)c(C(=Cc2ccc(OC)cc2)C(=O)OC)c1. The second-order valence-electron chi connectivity index (χ2n) is 5.46. The highest BCUT2D eigenvalue weighted by molar-refractivity contribution is 6.22. The molecule has 0 radical (unpaired) electrons. The number of phenolic OH excluding ortho intramolecular Hbond substituents is 1. The minimum absolute atomic E-state index is 0.0876. The van der Waals surface area contributed by atoms with Crippen molar-refractivity contribution in [1.82, 2.24) is 0 Å². The summed E-state index contributed by atoms with van der Waals surface area (Å²) in [6.45, 7) is 0. The van der Waals surface area contributed by atoms with Crippen LogP contribution in [0.3, 0.4) is 0 Å². The molecule has 0 aromatic heterocycles. The number of carbonyl (C=O) groups is 2. The maximum absolute atomic E-state index is 12.3. The number of methoxy groups -OCH3 is 3. The zero-order valence-electron chi connectivity index (χ0n) is 15.3. The van der Waals surface area contributed by atoms with E-state index in [4.69, 9.17) is 9.47 Å². The van der Waals surface area contributed by atoms with E-state index >= 15 is 0 Å². The monoisotopic (exact) mass is 368 g/mol. The van der Waals surface area contributed by atoms with Crippen LogP contribution in [0, 0.1) is 0 Å². The Morgan fingerprint density at radius 1 is 0.926 bits per heavy atom. The predicted octanol–water partition coefficient (Wildman–Crippen LogP) is 3.30. The molecule has 27 heavy (non-hydrogen) atoms. The second kappa shape index (κ2) is 9.24. The van der Waals surface area contributed by atoms with Crippen molar-refractivity contribution in [3.63, 3.8) is 0 Å². The molecule has 0 spiro atoms. The summed E-state index contributed by atoms with van der Waals surface area (Å²) in [6, 6.07) is 11.7. The smallest absolute Gasteiger partial charge is 0.338 e. The van der Waals surface area contributed by atoms with Crippen LogP contribution in [0.5, 0.6) is 11.5 Å². The van der Waals surface area contributed by atoms with Gasteiger partial charge in [0.25, 0.3) is 0 Å². The lowest BCUT2D eigenvalue weighted by Crippen LogP contribution is -2.04. The Morgan fingerprint density at radius 3 is 2.19 bits per heavy atom. The van der Waals surface area contributed by atoms with E-state index in [0.29, 0.717) is 11.3 Å². The van der Waals surface area contributed by atoms with Gasteiger partial charge < -0.3 is 19.3 Å². The molecule has 0 aliphatic rings. The third-order valence-corrected chi connectivity index (χ3v) is 3.76. The van der Waals surface area contributed by atoms with Gasteiger partial charge in [-0.3, -0.25) is 0 Å². The highest BCUT2D eigenvalue weighted by Gasteiger charge is 2.17. The van der Waals surface area contributed by atoms with Crippen molar-refractivity contribution in [2.24, 2.45) is 0 Å². The van der Waals surface area contributed by atoms with E-state index in [2.05, 4.69) is 4.74 Å². The van der Waals surface area contributed by atoms with Gasteiger partial charge in [-0.1, -0.05) is 18.2 Å². The van der Waals surface area contributed by atoms with Gasteiger partial charge >= 0.3 is 11.9 Å². The third-order valence-electron chi connectivity index (χ3n) is 3.76. The van der Waals surface area contributed by atoms with Crippen molar-refractivity contribution in [2.45, 2.75) is 0 Å². The first-order valence-electron chi connectivity index (χ1n) is 8.02. The lowest BCUT2D eigenvalue weighted by molar-refractivity contribution is -0.135. The van der Waals surface area contributed by atoms with E-state index < -0.39 is 11.9 Å². The number of rotatable bonds is 6. The van der Waals surface area contributed by atoms with Crippen molar-refractivity contribution >= 4 is 29.7 Å². The van der Waals surface area contributed by atoms with E-state index in [9.17, 15) is 14.7 Å². The molecule has 0 heterocycles. The summed E-state index contributed by atoms with van der Waals surface area (Å²) in [6.07, 6.45) is 4.38. The molecule has 0 fully saturated rings. The van der Waals surface area contributed by atoms with Gasteiger partial charge in [-0.25, -0.2) is 9.59 Å². The third kappa shape index (κ3) is 5.22. The van der Waals surface area contributed by atoms with Crippen molar-refractivity contribution in [1.29, 1.82) is 0 Å². The molecule has 1 N–H and O–H groups in total. The Balaban J connectivity index is 2.49. The number of hydrogen-bond acceptors (Lipinski definition) is 6. The average Bonchev–Trinajstić information content (AvgIpc) is 2.71. The second-order valence-corrected chi connectivity index (χ2v) is 5.46. The van der Waals surface area contributed by atoms with Crippen LogP contribution in [0.25, 0.3) is 17.7 Å². The van der Waals surface area contributed by atoms with Crippen LogP contribution in [-0.2, 0) is 19.1 Å². The molecule has 0 aliphatic carbocycles. The van der Waals surface area contributed by atoms with Crippen LogP contribution in [0.1, 0.15) is 16.7 Å². The average molecular weight is 368 g/mol. The zero-order chi connectivity index (χ0) is 19.8. The fourth-order valence-corrected chi connectivity index (χ4v) is 2.33. The number of phenols is 1. The number of carbonyl (C=O) groups excluding carboxylic acids is 2. The molecule has 6 heteroatoms. The van der Waals surface area contributed by atoms with Gasteiger partial charge in [-0.15, -0.1) is 0 Å². The topological polar surface area (TPSA) is 82.1 Å². The standard InChI is InChI=1S/C21H20O6/c1-25-16-8-4-14(5-9-16)13-18(21(24)27-3)17-12-15(6-10-19(17)22)7-11-20(23)26-2/h4-13,22H,1-3H3. The summed E-state index contributed by atoms with van der Waals surface area (Å²) in [4.78, 5) is 23.6. The van der Waals surface area contributed by atoms with Gasteiger partial charge in [-0.2, -0.15) is 0 Å². The zero-order valence-corrected chi connectivity index (χ0v) is 15.3.